The number of carbonyl (C=O) groups is 1. The summed E-state index contributed by atoms with van der Waals surface area (Å²) in [6, 6.07) is 8.30. The number of alkyl halides is 1. The zero-order valence-corrected chi connectivity index (χ0v) is 11.8. The molecule has 4 heteroatoms. The van der Waals surface area contributed by atoms with Crippen LogP contribution in [0.25, 0.3) is 0 Å². The third-order valence-corrected chi connectivity index (χ3v) is 2.78. The predicted molar refractivity (Wildman–Crippen MR) is 62.4 cm³/mol. The first-order valence-electron chi connectivity index (χ1n) is 4.56. The third kappa shape index (κ3) is 7.56. The monoisotopic (exact) mass is 266 g/mol. The first kappa shape index (κ1) is 14.2. The molecular formula is C10H12BrNaO2. The molecule has 14 heavy (non-hydrogen) atoms. The second kappa shape index (κ2) is 9.71. The summed E-state index contributed by atoms with van der Waals surface area (Å²) in [5.41, 5.74) is 0.331. The summed E-state index contributed by atoms with van der Waals surface area (Å²) in [5, 5.41) is 9.58. The van der Waals surface area contributed by atoms with Crippen LogP contribution in [0.2, 0.25) is 3.67 Å². The van der Waals surface area contributed by atoms with Gasteiger partial charge in [-0.15, -0.1) is 0 Å². The molecule has 0 aromatic heterocycles. The van der Waals surface area contributed by atoms with E-state index in [4.69, 9.17) is 5.11 Å². The number of benzene rings is 1. The van der Waals surface area contributed by atoms with Crippen molar-refractivity contribution in [3.8, 4) is 0 Å². The molecule has 0 saturated heterocycles. The number of carboxylic acid groups (broad SMARTS) is 1. The van der Waals surface area contributed by atoms with E-state index in [1.165, 1.54) is 43.4 Å². The Balaban J connectivity index is 0.000000292. The maximum absolute atomic E-state index is 10.2. The average molecular weight is 267 g/mol. The van der Waals surface area contributed by atoms with Crippen molar-refractivity contribution in [1.29, 1.82) is 0 Å². The van der Waals surface area contributed by atoms with Gasteiger partial charge in [-0.2, -0.15) is 0 Å². The Morgan fingerprint density at radius 3 is 2.14 bits per heavy atom. The Morgan fingerprint density at radius 2 is 1.93 bits per heavy atom. The fourth-order valence-electron chi connectivity index (χ4n) is 0.714. The van der Waals surface area contributed by atoms with E-state index >= 15 is 0 Å². The van der Waals surface area contributed by atoms with Gasteiger partial charge in [-0.3, -0.25) is 0 Å². The summed E-state index contributed by atoms with van der Waals surface area (Å²) in [6.45, 7) is 0. The summed E-state index contributed by atoms with van der Waals surface area (Å²) in [7, 11) is 0. The molecule has 0 aliphatic rings. The minimum atomic E-state index is -0.879. The van der Waals surface area contributed by atoms with Crippen LogP contribution in [0, 0.1) is 0 Å². The molecule has 72 valence electrons. The molecule has 0 amide bonds. The second-order valence-electron chi connectivity index (χ2n) is 2.71. The first-order valence-corrected chi connectivity index (χ1v) is 7.10. The molecule has 0 heterocycles. The average Bonchev–Trinajstić information content (AvgIpc) is 2.21. The van der Waals surface area contributed by atoms with E-state index in [2.05, 4.69) is 15.9 Å². The second-order valence-corrected chi connectivity index (χ2v) is 4.51. The first-order chi connectivity index (χ1) is 6.72. The Labute approximate surface area is 110 Å². The summed E-state index contributed by atoms with van der Waals surface area (Å²) in [4.78, 5) is 10.2. The van der Waals surface area contributed by atoms with Gasteiger partial charge < -0.3 is 5.11 Å². The van der Waals surface area contributed by atoms with Crippen LogP contribution >= 0.6 is 15.9 Å². The maximum atomic E-state index is 10.2. The van der Waals surface area contributed by atoms with Gasteiger partial charge in [-0.25, -0.2) is 4.79 Å². The van der Waals surface area contributed by atoms with Crippen LogP contribution in [0.15, 0.2) is 30.3 Å². The summed E-state index contributed by atoms with van der Waals surface area (Å²) < 4.78 is 1.44. The van der Waals surface area contributed by atoms with E-state index < -0.39 is 5.97 Å². The number of aromatic carboxylic acids is 1. The van der Waals surface area contributed by atoms with Crippen molar-refractivity contribution in [2.24, 2.45) is 0 Å². The SMILES string of the molecule is O=C(O)c1ccccc1.[Na][CH2]CCBr. The molecule has 0 aliphatic heterocycles. The third-order valence-electron chi connectivity index (χ3n) is 1.51. The zero-order valence-electron chi connectivity index (χ0n) is 8.24. The van der Waals surface area contributed by atoms with Crippen LogP contribution in [0.3, 0.4) is 0 Å². The van der Waals surface area contributed by atoms with Crippen LogP contribution in [-0.4, -0.2) is 44.3 Å². The molecule has 0 fully saturated rings. The van der Waals surface area contributed by atoms with E-state index in [0.29, 0.717) is 5.56 Å². The quantitative estimate of drug-likeness (QED) is 0.675. The molecule has 0 bridgehead atoms. The van der Waals surface area contributed by atoms with Crippen molar-refractivity contribution in [1.82, 2.24) is 0 Å². The molecule has 1 aromatic rings. The molecule has 0 atom stereocenters. The molecule has 1 rings (SSSR count). The predicted octanol–water partition coefficient (Wildman–Crippen LogP) is 2.74. The van der Waals surface area contributed by atoms with Gasteiger partial charge in [0.15, 0.2) is 0 Å². The van der Waals surface area contributed by atoms with Crippen molar-refractivity contribution in [3.05, 3.63) is 35.9 Å². The Morgan fingerprint density at radius 1 is 1.36 bits per heavy atom. The van der Waals surface area contributed by atoms with Crippen LogP contribution < -0.4 is 0 Å². The number of rotatable bonds is 3. The van der Waals surface area contributed by atoms with Gasteiger partial charge in [0.1, 0.15) is 0 Å². The standard InChI is InChI=1S/C7H6O2.C3H6Br.Na/c8-7(9)6-4-2-1-3-5-6;1-2-3-4;/h1-5H,(H,8,9);1-3H2;. The van der Waals surface area contributed by atoms with E-state index in [9.17, 15) is 4.79 Å². The van der Waals surface area contributed by atoms with E-state index in [1.807, 2.05) is 0 Å². The fourth-order valence-corrected chi connectivity index (χ4v) is 2.66. The van der Waals surface area contributed by atoms with Crippen molar-refractivity contribution < 1.29 is 9.90 Å². The zero-order chi connectivity index (χ0) is 10.8. The normalized spacial score (nSPS) is 8.79. The molecule has 0 radical (unpaired) electrons. The Hall–Kier alpha value is 0.170. The number of hydrogen-bond acceptors (Lipinski definition) is 1. The van der Waals surface area contributed by atoms with Gasteiger partial charge in [0, 0.05) is 0 Å². The van der Waals surface area contributed by atoms with E-state index in [0.717, 1.165) is 0 Å². The molecule has 0 unspecified atom stereocenters. The summed E-state index contributed by atoms with van der Waals surface area (Å²) >= 11 is 4.70. The summed E-state index contributed by atoms with van der Waals surface area (Å²) in [5.74, 6) is -0.879. The molecule has 1 aromatic carbocycles. The molecule has 2 nitrogen and oxygen atoms in total. The summed E-state index contributed by atoms with van der Waals surface area (Å²) in [6.07, 6.45) is 1.37. The fraction of sp³-hybridized carbons (Fsp3) is 0.300. The number of halogens is 1. The number of carboxylic acids is 1. The molecule has 0 spiro atoms. The van der Waals surface area contributed by atoms with Crippen LogP contribution in [0.1, 0.15) is 16.8 Å². The molecule has 0 saturated carbocycles. The van der Waals surface area contributed by atoms with E-state index in [-0.39, 0.29) is 0 Å². The number of hydrogen-bond donors (Lipinski definition) is 1. The molecule has 0 aliphatic carbocycles. The van der Waals surface area contributed by atoms with Gasteiger partial charge in [0.2, 0.25) is 0 Å². The topological polar surface area (TPSA) is 37.3 Å². The van der Waals surface area contributed by atoms with Crippen LogP contribution in [-0.2, 0) is 0 Å². The minimum absolute atomic E-state index is 0.331. The molecule has 1 N–H and O–H groups in total. The van der Waals surface area contributed by atoms with E-state index in [1.54, 1.807) is 30.3 Å². The molecular weight excluding hydrogens is 255 g/mol. The van der Waals surface area contributed by atoms with Gasteiger partial charge in [0.05, 0.1) is 5.56 Å². The van der Waals surface area contributed by atoms with Crippen molar-refractivity contribution in [3.63, 3.8) is 0 Å². The van der Waals surface area contributed by atoms with Crippen molar-refractivity contribution >= 4 is 49.8 Å². The van der Waals surface area contributed by atoms with Gasteiger partial charge >= 0.3 is 65.3 Å². The van der Waals surface area contributed by atoms with Crippen molar-refractivity contribution in [2.75, 3.05) is 5.33 Å². The van der Waals surface area contributed by atoms with Crippen molar-refractivity contribution in [2.45, 2.75) is 10.1 Å². The Kier molecular flexibility index (Phi) is 9.83. The Bertz CT molecular complexity index is 250. The van der Waals surface area contributed by atoms with Gasteiger partial charge in [0.25, 0.3) is 0 Å². The van der Waals surface area contributed by atoms with Crippen LogP contribution in [0.4, 0.5) is 0 Å². The van der Waals surface area contributed by atoms with Crippen LogP contribution in [0.5, 0.6) is 0 Å². The van der Waals surface area contributed by atoms with Gasteiger partial charge in [-0.1, -0.05) is 18.2 Å². The van der Waals surface area contributed by atoms with Gasteiger partial charge in [-0.05, 0) is 12.1 Å².